The van der Waals surface area contributed by atoms with Crippen molar-refractivity contribution in [2.24, 2.45) is 5.92 Å². The Kier molecular flexibility index (Phi) is 7.34. The van der Waals surface area contributed by atoms with Gasteiger partial charge in [0.15, 0.2) is 12.4 Å². The first-order valence-corrected chi connectivity index (χ1v) is 10.1. The number of hydrogen-bond donors (Lipinski definition) is 2. The Morgan fingerprint density at radius 1 is 1.56 bits per heavy atom. The second kappa shape index (κ2) is 8.93. The van der Waals surface area contributed by atoms with Crippen LogP contribution in [0.2, 0.25) is 0 Å². The maximum Gasteiger partial charge on any atom is 0.364 e. The smallest absolute Gasteiger partial charge is 0.364 e. The molecule has 1 aliphatic rings. The number of nitrogens with two attached hydrogens (primary N) is 1. The monoisotopic (exact) mass is 431 g/mol. The Hall–Kier alpha value is -1.10. The van der Waals surface area contributed by atoms with Crippen LogP contribution in [0.1, 0.15) is 12.6 Å². The maximum atomic E-state index is 15.0. The van der Waals surface area contributed by atoms with Crippen LogP contribution >= 0.6 is 19.2 Å². The highest BCUT2D eigenvalue weighted by molar-refractivity contribution is 7.54. The van der Waals surface area contributed by atoms with E-state index in [1.54, 1.807) is 0 Å². The van der Waals surface area contributed by atoms with Gasteiger partial charge in [0.25, 0.3) is 0 Å². The predicted molar refractivity (Wildman–Crippen MR) is 93.1 cm³/mol. The van der Waals surface area contributed by atoms with Crippen molar-refractivity contribution in [3.8, 4) is 0 Å². The molecule has 0 aliphatic carbocycles. The van der Waals surface area contributed by atoms with Crippen molar-refractivity contribution in [3.63, 3.8) is 0 Å². The van der Waals surface area contributed by atoms with Gasteiger partial charge < -0.3 is 24.6 Å². The Labute approximate surface area is 158 Å². The number of ether oxygens (including phenoxy) is 1. The molecule has 0 bridgehead atoms. The highest BCUT2D eigenvalue weighted by atomic mass is 35.5. The van der Waals surface area contributed by atoms with Gasteiger partial charge in [-0.1, -0.05) is 0 Å². The van der Waals surface area contributed by atoms with Gasteiger partial charge in [0.2, 0.25) is 5.91 Å². The molecule has 1 aromatic rings. The Morgan fingerprint density at radius 3 is 2.70 bits per heavy atom. The zero-order valence-electron chi connectivity index (χ0n) is 14.6. The molecule has 1 fully saturated rings. The van der Waals surface area contributed by atoms with Gasteiger partial charge in [-0.05, 0) is 12.5 Å². The van der Waals surface area contributed by atoms with Gasteiger partial charge >= 0.3 is 13.3 Å². The second-order valence-corrected chi connectivity index (χ2v) is 8.57. The average Bonchev–Trinajstić information content (AvgIpc) is 2.78. The summed E-state index contributed by atoms with van der Waals surface area (Å²) in [6.07, 6.45) is -5.97. The van der Waals surface area contributed by atoms with Crippen molar-refractivity contribution in [2.45, 2.75) is 36.9 Å². The van der Waals surface area contributed by atoms with Crippen LogP contribution in [0.15, 0.2) is 17.1 Å². The fourth-order valence-corrected chi connectivity index (χ4v) is 4.42. The predicted octanol–water partition coefficient (Wildman–Crippen LogP) is 1.45. The molecule has 0 saturated carbocycles. The zero-order valence-corrected chi connectivity index (χ0v) is 16.2. The number of hydrogen-bond acceptors (Lipinski definition) is 8. The van der Waals surface area contributed by atoms with Crippen molar-refractivity contribution in [3.05, 3.63) is 22.7 Å². The van der Waals surface area contributed by atoms with E-state index in [1.165, 1.54) is 6.07 Å². The van der Waals surface area contributed by atoms with E-state index in [0.717, 1.165) is 25.0 Å². The number of nitrogens with zero attached hydrogens (tertiary/aromatic N) is 2. The minimum absolute atomic E-state index is 0.0856. The van der Waals surface area contributed by atoms with Crippen LogP contribution in [0, 0.1) is 5.92 Å². The molecule has 1 aromatic heterocycles. The van der Waals surface area contributed by atoms with Crippen LogP contribution in [0.5, 0.6) is 0 Å². The fraction of sp³-hybridized carbons (Fsp3) is 0.714. The quantitative estimate of drug-likeness (QED) is 0.512. The minimum Gasteiger partial charge on any atom is -0.389 e. The summed E-state index contributed by atoms with van der Waals surface area (Å²) in [5.74, 6) is -4.13. The summed E-state index contributed by atoms with van der Waals surface area (Å²) < 4.78 is 57.7. The molecular weight excluding hydrogens is 411 g/mol. The lowest BCUT2D eigenvalue weighted by atomic mass is 9.94. The molecule has 0 radical (unpaired) electrons. The minimum atomic E-state index is -4.26. The third kappa shape index (κ3) is 4.49. The Bertz CT molecular complexity index is 748. The summed E-state index contributed by atoms with van der Waals surface area (Å²) in [4.78, 5) is 15.5. The molecule has 1 saturated heterocycles. The molecule has 0 spiro atoms. The lowest BCUT2D eigenvalue weighted by Crippen LogP contribution is -2.42. The first-order chi connectivity index (χ1) is 12.7. The van der Waals surface area contributed by atoms with Crippen LogP contribution in [0.25, 0.3) is 0 Å². The SMILES string of the molecule is COP(=O)(OC)C(F)[C@H]1CC(CCl)O[C@@H](n2ccc(N)nc2=O)[C@H](F)C1O. The van der Waals surface area contributed by atoms with E-state index in [2.05, 4.69) is 14.0 Å². The van der Waals surface area contributed by atoms with Crippen LogP contribution in [-0.2, 0) is 18.3 Å². The normalized spacial score (nSPS) is 30.7. The van der Waals surface area contributed by atoms with E-state index in [-0.39, 0.29) is 18.1 Å². The number of anilines is 1. The molecule has 3 unspecified atom stereocenters. The average molecular weight is 432 g/mol. The van der Waals surface area contributed by atoms with E-state index in [4.69, 9.17) is 22.1 Å². The van der Waals surface area contributed by atoms with E-state index < -0.39 is 49.7 Å². The van der Waals surface area contributed by atoms with Gasteiger partial charge in [0, 0.05) is 32.2 Å². The van der Waals surface area contributed by atoms with Crippen LogP contribution in [0.3, 0.4) is 0 Å². The first-order valence-electron chi connectivity index (χ1n) is 7.92. The van der Waals surface area contributed by atoms with Gasteiger partial charge in [-0.15, -0.1) is 11.6 Å². The summed E-state index contributed by atoms with van der Waals surface area (Å²) in [7, 11) is -2.30. The lowest BCUT2D eigenvalue weighted by Gasteiger charge is -2.30. The van der Waals surface area contributed by atoms with Gasteiger partial charge in [-0.3, -0.25) is 9.13 Å². The van der Waals surface area contributed by atoms with Gasteiger partial charge in [0.05, 0.1) is 12.2 Å². The number of halogens is 3. The first kappa shape index (κ1) is 22.2. The number of rotatable bonds is 6. The molecule has 9 nitrogen and oxygen atoms in total. The third-order valence-electron chi connectivity index (χ3n) is 4.37. The second-order valence-electron chi connectivity index (χ2n) is 5.96. The molecule has 0 aromatic carbocycles. The molecule has 3 N–H and O–H groups in total. The van der Waals surface area contributed by atoms with Crippen molar-refractivity contribution >= 4 is 25.0 Å². The van der Waals surface area contributed by atoms with Crippen LogP contribution < -0.4 is 11.4 Å². The molecule has 154 valence electrons. The summed E-state index contributed by atoms with van der Waals surface area (Å²) in [5, 5.41) is 10.4. The molecule has 0 amide bonds. The van der Waals surface area contributed by atoms with Crippen LogP contribution in [0.4, 0.5) is 14.6 Å². The largest absolute Gasteiger partial charge is 0.389 e. The van der Waals surface area contributed by atoms with Gasteiger partial charge in [-0.2, -0.15) is 4.98 Å². The number of aliphatic hydroxyl groups is 1. The van der Waals surface area contributed by atoms with Crippen molar-refractivity contribution < 1.29 is 32.2 Å². The highest BCUT2D eigenvalue weighted by Crippen LogP contribution is 2.57. The number of nitrogen functional groups attached to an aromatic ring is 1. The third-order valence-corrected chi connectivity index (χ3v) is 6.72. The topological polar surface area (TPSA) is 126 Å². The standard InChI is InChI=1S/C14H21ClF2N3O6P/c1-24-27(23,25-2)12(17)8-5-7(6-15)26-13(10(16)11(8)21)20-4-3-9(18)19-14(20)22/h3-4,7-8,10-13,21H,5-6H2,1-2H3,(H2,18,19,22)/t7?,8-,10+,11?,12?,13+/m0/s1. The lowest BCUT2D eigenvalue weighted by molar-refractivity contribution is -0.100. The number of aromatic nitrogens is 2. The summed E-state index contributed by atoms with van der Waals surface area (Å²) >= 11 is 5.81. The van der Waals surface area contributed by atoms with Crippen molar-refractivity contribution in [1.29, 1.82) is 0 Å². The number of aliphatic hydroxyl groups excluding tert-OH is 1. The van der Waals surface area contributed by atoms with E-state index >= 15 is 4.39 Å². The van der Waals surface area contributed by atoms with Gasteiger partial charge in [0.1, 0.15) is 5.82 Å². The molecule has 1 aliphatic heterocycles. The highest BCUT2D eigenvalue weighted by Gasteiger charge is 2.51. The zero-order chi connectivity index (χ0) is 20.4. The summed E-state index contributed by atoms with van der Waals surface area (Å²) in [6, 6.07) is 1.24. The summed E-state index contributed by atoms with van der Waals surface area (Å²) in [5.41, 5.74) is 4.49. The van der Waals surface area contributed by atoms with Crippen LogP contribution in [-0.4, -0.2) is 59.0 Å². The Balaban J connectivity index is 2.42. The maximum absolute atomic E-state index is 15.0. The van der Waals surface area contributed by atoms with Crippen molar-refractivity contribution in [2.75, 3.05) is 25.8 Å². The molecular formula is C14H21ClF2N3O6P. The van der Waals surface area contributed by atoms with Gasteiger partial charge in [-0.25, -0.2) is 13.6 Å². The summed E-state index contributed by atoms with van der Waals surface area (Å²) in [6.45, 7) is 0. The molecule has 6 atom stereocenters. The van der Waals surface area contributed by atoms with Crippen molar-refractivity contribution in [1.82, 2.24) is 9.55 Å². The van der Waals surface area contributed by atoms with E-state index in [1.807, 2.05) is 0 Å². The van der Waals surface area contributed by atoms with E-state index in [9.17, 15) is 18.9 Å². The fourth-order valence-electron chi connectivity index (χ4n) is 2.90. The molecule has 2 heterocycles. The number of alkyl halides is 3. The van der Waals surface area contributed by atoms with E-state index in [0.29, 0.717) is 0 Å². The molecule has 27 heavy (non-hydrogen) atoms. The Morgan fingerprint density at radius 2 is 2.19 bits per heavy atom. The molecule has 2 rings (SSSR count). The molecule has 13 heteroatoms.